The maximum atomic E-state index is 13.5. The molecule has 3 heterocycles. The number of rotatable bonds is 6. The molecule has 5 rings (SSSR count). The van der Waals surface area contributed by atoms with Crippen molar-refractivity contribution in [3.8, 4) is 11.3 Å². The van der Waals surface area contributed by atoms with E-state index in [9.17, 15) is 4.79 Å². The normalized spacial score (nSPS) is 11.2. The Labute approximate surface area is 222 Å². The van der Waals surface area contributed by atoms with Gasteiger partial charge in [0.25, 0.3) is 5.91 Å². The fourth-order valence-corrected chi connectivity index (χ4v) is 4.82. The number of hydrogen-bond acceptors (Lipinski definition) is 4. The van der Waals surface area contributed by atoms with Crippen LogP contribution >= 0.6 is 34.8 Å². The van der Waals surface area contributed by atoms with Crippen molar-refractivity contribution in [1.82, 2.24) is 24.5 Å². The number of aromatic nitrogens is 5. The van der Waals surface area contributed by atoms with E-state index in [1.807, 2.05) is 42.8 Å². The van der Waals surface area contributed by atoms with Gasteiger partial charge in [0.15, 0.2) is 5.82 Å². The van der Waals surface area contributed by atoms with Gasteiger partial charge in [0, 0.05) is 45.0 Å². The Morgan fingerprint density at radius 2 is 1.78 bits per heavy atom. The number of nitrogens with one attached hydrogen (secondary N) is 1. The third-order valence-electron chi connectivity index (χ3n) is 5.97. The van der Waals surface area contributed by atoms with Crippen LogP contribution in [0.25, 0.3) is 22.2 Å². The highest BCUT2D eigenvalue weighted by molar-refractivity contribution is 6.36. The molecule has 0 radical (unpaired) electrons. The van der Waals surface area contributed by atoms with Gasteiger partial charge in [-0.1, -0.05) is 59.1 Å². The van der Waals surface area contributed by atoms with Gasteiger partial charge >= 0.3 is 0 Å². The van der Waals surface area contributed by atoms with Crippen LogP contribution in [0.1, 0.15) is 28.5 Å². The largest absolute Gasteiger partial charge is 0.304 e. The van der Waals surface area contributed by atoms with E-state index in [0.29, 0.717) is 44.0 Å². The van der Waals surface area contributed by atoms with E-state index < -0.39 is 0 Å². The first-order valence-electron chi connectivity index (χ1n) is 11.3. The molecule has 5 aromatic rings. The topological polar surface area (TPSA) is 77.6 Å². The lowest BCUT2D eigenvalue weighted by molar-refractivity contribution is 0.102. The lowest BCUT2D eigenvalue weighted by Gasteiger charge is -2.10. The van der Waals surface area contributed by atoms with Crippen molar-refractivity contribution >= 4 is 57.4 Å². The Morgan fingerprint density at radius 3 is 2.50 bits per heavy atom. The summed E-state index contributed by atoms with van der Waals surface area (Å²) < 4.78 is 3.48. The molecule has 0 aliphatic heterocycles. The molecule has 36 heavy (non-hydrogen) atoms. The van der Waals surface area contributed by atoms with E-state index in [0.717, 1.165) is 23.2 Å². The molecule has 1 amide bonds. The molecule has 182 valence electrons. The van der Waals surface area contributed by atoms with Crippen LogP contribution in [0.15, 0.2) is 60.9 Å². The second-order valence-electron chi connectivity index (χ2n) is 8.21. The quantitative estimate of drug-likeness (QED) is 0.255. The molecule has 0 fully saturated rings. The average Bonchev–Trinajstić information content (AvgIpc) is 3.41. The first-order chi connectivity index (χ1) is 17.4. The van der Waals surface area contributed by atoms with Gasteiger partial charge in [-0.25, -0.2) is 4.98 Å². The van der Waals surface area contributed by atoms with Crippen LogP contribution in [-0.4, -0.2) is 30.5 Å². The maximum absolute atomic E-state index is 13.5. The highest BCUT2D eigenvalue weighted by Gasteiger charge is 2.19. The van der Waals surface area contributed by atoms with Gasteiger partial charge in [-0.05, 0) is 38.1 Å². The lowest BCUT2D eigenvalue weighted by atomic mass is 10.0. The average molecular weight is 540 g/mol. The van der Waals surface area contributed by atoms with Gasteiger partial charge < -0.3 is 5.32 Å². The zero-order valence-electron chi connectivity index (χ0n) is 19.5. The van der Waals surface area contributed by atoms with Crippen LogP contribution in [0.5, 0.6) is 0 Å². The molecule has 10 heteroatoms. The Bertz CT molecular complexity index is 1590. The number of carbonyl (C=O) groups is 1. The molecule has 0 aliphatic rings. The summed E-state index contributed by atoms with van der Waals surface area (Å²) in [5, 5.41) is 13.8. The van der Waals surface area contributed by atoms with Crippen molar-refractivity contribution in [3.05, 3.63) is 92.8 Å². The summed E-state index contributed by atoms with van der Waals surface area (Å²) in [5.74, 6) is -0.111. The summed E-state index contributed by atoms with van der Waals surface area (Å²) in [5.41, 5.74) is 4.39. The highest BCUT2D eigenvalue weighted by atomic mass is 35.5. The second kappa shape index (κ2) is 9.93. The molecule has 1 N–H and O–H groups in total. The number of hydrogen-bond donors (Lipinski definition) is 1. The molecule has 0 aliphatic carbocycles. The number of aryl methyl sites for hydroxylation is 1. The van der Waals surface area contributed by atoms with Crippen LogP contribution in [0.4, 0.5) is 5.82 Å². The van der Waals surface area contributed by atoms with E-state index >= 15 is 0 Å². The van der Waals surface area contributed by atoms with Gasteiger partial charge in [-0.15, -0.1) is 0 Å². The first-order valence-corrected chi connectivity index (χ1v) is 12.4. The number of pyridine rings is 1. The number of para-hydroxylation sites is 1. The minimum atomic E-state index is -0.349. The number of anilines is 1. The Balaban J connectivity index is 1.49. The summed E-state index contributed by atoms with van der Waals surface area (Å²) >= 11 is 19.0. The Hall–Kier alpha value is -3.39. The zero-order valence-corrected chi connectivity index (χ0v) is 21.7. The van der Waals surface area contributed by atoms with E-state index in [2.05, 4.69) is 15.5 Å². The zero-order chi connectivity index (χ0) is 25.4. The number of amides is 1. The third-order valence-corrected chi connectivity index (χ3v) is 6.96. The van der Waals surface area contributed by atoms with Crippen LogP contribution in [-0.2, 0) is 13.1 Å². The summed E-state index contributed by atoms with van der Waals surface area (Å²) in [7, 11) is 0. The van der Waals surface area contributed by atoms with Crippen LogP contribution in [0.2, 0.25) is 15.1 Å². The molecule has 0 saturated heterocycles. The van der Waals surface area contributed by atoms with E-state index in [1.54, 1.807) is 41.3 Å². The fourth-order valence-electron chi connectivity index (χ4n) is 4.10. The molecular weight excluding hydrogens is 519 g/mol. The van der Waals surface area contributed by atoms with Gasteiger partial charge in [-0.2, -0.15) is 10.2 Å². The first kappa shape index (κ1) is 24.3. The second-order valence-corrected chi connectivity index (χ2v) is 9.43. The van der Waals surface area contributed by atoms with Crippen LogP contribution < -0.4 is 5.32 Å². The summed E-state index contributed by atoms with van der Waals surface area (Å²) in [6.45, 7) is 5.06. The van der Waals surface area contributed by atoms with Gasteiger partial charge in [0.2, 0.25) is 0 Å². The molecule has 0 spiro atoms. The SMILES string of the molecule is CCn1ncc(-c2cc(C(=O)Nc3nn(Cc4c(Cl)cccc4Cl)cc3Cl)c3ccccc3n2)c1C. The maximum Gasteiger partial charge on any atom is 0.257 e. The van der Waals surface area contributed by atoms with Crippen molar-refractivity contribution in [3.63, 3.8) is 0 Å². The summed E-state index contributed by atoms with van der Waals surface area (Å²) in [4.78, 5) is 18.3. The van der Waals surface area contributed by atoms with Gasteiger partial charge in [-0.3, -0.25) is 14.2 Å². The summed E-state index contributed by atoms with van der Waals surface area (Å²) in [6, 6.07) is 14.6. The lowest BCUT2D eigenvalue weighted by Crippen LogP contribution is -2.14. The fraction of sp³-hybridized carbons (Fsp3) is 0.154. The third kappa shape index (κ3) is 4.57. The van der Waals surface area contributed by atoms with Crippen molar-refractivity contribution in [2.24, 2.45) is 0 Å². The molecule has 0 saturated carbocycles. The summed E-state index contributed by atoms with van der Waals surface area (Å²) in [6.07, 6.45) is 3.39. The van der Waals surface area contributed by atoms with Crippen molar-refractivity contribution < 1.29 is 4.79 Å². The van der Waals surface area contributed by atoms with Crippen LogP contribution in [0, 0.1) is 6.92 Å². The van der Waals surface area contributed by atoms with Crippen LogP contribution in [0.3, 0.4) is 0 Å². The standard InChI is InChI=1S/C26H21Cl3N6O/c1-3-35-15(2)18(12-30-35)24-11-17(16-7-4-5-10-23(16)31-24)26(36)32-25-22(29)14-34(33-25)13-19-20(27)8-6-9-21(19)28/h4-12,14H,3,13H2,1-2H3,(H,32,33,36). The number of carbonyl (C=O) groups excluding carboxylic acids is 1. The number of fused-ring (bicyclic) bond motifs is 1. The molecule has 3 aromatic heterocycles. The predicted octanol–water partition coefficient (Wildman–Crippen LogP) is 6.88. The predicted molar refractivity (Wildman–Crippen MR) is 144 cm³/mol. The molecule has 0 bridgehead atoms. The van der Waals surface area contributed by atoms with Gasteiger partial charge in [0.05, 0.1) is 29.5 Å². The number of nitrogens with zero attached hydrogens (tertiary/aromatic N) is 5. The van der Waals surface area contributed by atoms with Crippen molar-refractivity contribution in [1.29, 1.82) is 0 Å². The number of halogens is 3. The Kier molecular flexibility index (Phi) is 6.71. The van der Waals surface area contributed by atoms with E-state index in [-0.39, 0.29) is 11.7 Å². The highest BCUT2D eigenvalue weighted by Crippen LogP contribution is 2.30. The number of benzene rings is 2. The smallest absolute Gasteiger partial charge is 0.257 e. The molecule has 2 aromatic carbocycles. The molecular formula is C26H21Cl3N6O. The Morgan fingerprint density at radius 1 is 1.03 bits per heavy atom. The van der Waals surface area contributed by atoms with Gasteiger partial charge in [0.1, 0.15) is 5.02 Å². The minimum Gasteiger partial charge on any atom is -0.304 e. The van der Waals surface area contributed by atoms with Crippen molar-refractivity contribution in [2.45, 2.75) is 26.9 Å². The monoisotopic (exact) mass is 538 g/mol. The molecule has 7 nitrogen and oxygen atoms in total. The minimum absolute atomic E-state index is 0.238. The van der Waals surface area contributed by atoms with E-state index in [1.165, 1.54) is 0 Å². The molecule has 0 unspecified atom stereocenters. The van der Waals surface area contributed by atoms with E-state index in [4.69, 9.17) is 39.8 Å². The molecule has 0 atom stereocenters. The van der Waals surface area contributed by atoms with Crippen molar-refractivity contribution in [2.75, 3.05) is 5.32 Å².